The van der Waals surface area contributed by atoms with Gasteiger partial charge in [0.15, 0.2) is 0 Å². The molecule has 156 valence electrons. The van der Waals surface area contributed by atoms with Gasteiger partial charge in [0.2, 0.25) is 0 Å². The number of rotatable bonds is 4. The highest BCUT2D eigenvalue weighted by Crippen LogP contribution is 2.30. The Kier molecular flexibility index (Phi) is 5.18. The molecular weight excluding hydrogens is 392 g/mol. The molecule has 5 rings (SSSR count). The van der Waals surface area contributed by atoms with E-state index in [2.05, 4.69) is 21.1 Å². The molecule has 3 aromatic rings. The Morgan fingerprint density at radius 1 is 1.23 bits per heavy atom. The van der Waals surface area contributed by atoms with Crippen molar-refractivity contribution in [3.63, 3.8) is 0 Å². The van der Waals surface area contributed by atoms with Crippen molar-refractivity contribution in [1.29, 1.82) is 5.26 Å². The van der Waals surface area contributed by atoms with E-state index in [0.717, 1.165) is 48.3 Å². The van der Waals surface area contributed by atoms with Crippen LogP contribution in [0.5, 0.6) is 0 Å². The third-order valence-corrected chi connectivity index (χ3v) is 5.91. The van der Waals surface area contributed by atoms with Crippen LogP contribution in [0.15, 0.2) is 47.5 Å². The fourth-order valence-corrected chi connectivity index (χ4v) is 4.34. The molecular formula is C23H22N6O2. The first kappa shape index (κ1) is 19.4. The Morgan fingerprint density at radius 3 is 2.94 bits per heavy atom. The molecule has 2 aliphatic rings. The standard InChI is InChI=1S/C23H22N6O2/c24-13-17-12-18-15-31-11-7-20(18)26-23(17)28-10-1-2-19(28)14-29-22(30)4-3-21(27-29)16-5-8-25-9-6-16/h3-6,8-9,12,19H,1-2,7,10-11,14-15H2. The molecule has 0 spiro atoms. The summed E-state index contributed by atoms with van der Waals surface area (Å²) in [6.45, 7) is 2.41. The summed E-state index contributed by atoms with van der Waals surface area (Å²) in [6.07, 6.45) is 6.07. The van der Waals surface area contributed by atoms with E-state index in [1.54, 1.807) is 24.5 Å². The molecule has 8 heteroatoms. The molecule has 31 heavy (non-hydrogen) atoms. The molecule has 0 aromatic carbocycles. The van der Waals surface area contributed by atoms with E-state index in [0.29, 0.717) is 31.1 Å². The first-order chi connectivity index (χ1) is 15.2. The maximum absolute atomic E-state index is 12.5. The van der Waals surface area contributed by atoms with Gasteiger partial charge in [0, 0.05) is 42.6 Å². The van der Waals surface area contributed by atoms with Crippen LogP contribution in [0.3, 0.4) is 0 Å². The normalized spacial score (nSPS) is 17.9. The molecule has 0 amide bonds. The number of nitrogens with zero attached hydrogens (tertiary/aromatic N) is 6. The molecule has 0 N–H and O–H groups in total. The van der Waals surface area contributed by atoms with Crippen LogP contribution < -0.4 is 10.5 Å². The zero-order valence-electron chi connectivity index (χ0n) is 17.1. The number of hydrogen-bond acceptors (Lipinski definition) is 7. The summed E-state index contributed by atoms with van der Waals surface area (Å²) in [4.78, 5) is 23.6. The van der Waals surface area contributed by atoms with E-state index in [1.165, 1.54) is 4.68 Å². The molecule has 0 aliphatic carbocycles. The highest BCUT2D eigenvalue weighted by Gasteiger charge is 2.30. The minimum Gasteiger partial charge on any atom is -0.376 e. The van der Waals surface area contributed by atoms with Gasteiger partial charge in [0.1, 0.15) is 11.9 Å². The number of nitriles is 1. The lowest BCUT2D eigenvalue weighted by Crippen LogP contribution is -2.38. The largest absolute Gasteiger partial charge is 0.376 e. The molecule has 3 aromatic heterocycles. The quantitative estimate of drug-likeness (QED) is 0.646. The molecule has 1 atom stereocenters. The highest BCUT2D eigenvalue weighted by atomic mass is 16.5. The van der Waals surface area contributed by atoms with E-state index < -0.39 is 0 Å². The maximum atomic E-state index is 12.5. The van der Waals surface area contributed by atoms with E-state index in [1.807, 2.05) is 18.2 Å². The number of aromatic nitrogens is 4. The Labute approximate surface area is 179 Å². The number of fused-ring (bicyclic) bond motifs is 1. The fourth-order valence-electron chi connectivity index (χ4n) is 4.34. The Bertz CT molecular complexity index is 1200. The predicted molar refractivity (Wildman–Crippen MR) is 114 cm³/mol. The van der Waals surface area contributed by atoms with Crippen molar-refractivity contribution >= 4 is 5.82 Å². The second-order valence-corrected chi connectivity index (χ2v) is 7.84. The molecule has 2 aliphatic heterocycles. The average molecular weight is 414 g/mol. The highest BCUT2D eigenvalue weighted by molar-refractivity contribution is 5.58. The summed E-state index contributed by atoms with van der Waals surface area (Å²) in [5, 5.41) is 14.3. The van der Waals surface area contributed by atoms with Crippen LogP contribution in [-0.4, -0.2) is 38.9 Å². The topological polar surface area (TPSA) is 96.9 Å². The zero-order chi connectivity index (χ0) is 21.2. The van der Waals surface area contributed by atoms with Gasteiger partial charge in [0.05, 0.1) is 42.8 Å². The van der Waals surface area contributed by atoms with Gasteiger partial charge >= 0.3 is 0 Å². The second kappa shape index (κ2) is 8.28. The minimum atomic E-state index is -0.138. The van der Waals surface area contributed by atoms with Gasteiger partial charge in [-0.1, -0.05) is 0 Å². The molecule has 5 heterocycles. The van der Waals surface area contributed by atoms with E-state index in [4.69, 9.17) is 9.72 Å². The van der Waals surface area contributed by atoms with Gasteiger partial charge in [-0.2, -0.15) is 10.4 Å². The van der Waals surface area contributed by atoms with Crippen LogP contribution in [0, 0.1) is 11.3 Å². The van der Waals surface area contributed by atoms with Crippen molar-refractivity contribution in [2.24, 2.45) is 0 Å². The molecule has 1 fully saturated rings. The van der Waals surface area contributed by atoms with Gasteiger partial charge in [0.25, 0.3) is 5.56 Å². The summed E-state index contributed by atoms with van der Waals surface area (Å²) in [5.74, 6) is 0.712. The Morgan fingerprint density at radius 2 is 2.10 bits per heavy atom. The van der Waals surface area contributed by atoms with Crippen LogP contribution in [0.1, 0.15) is 29.7 Å². The van der Waals surface area contributed by atoms with E-state index in [9.17, 15) is 10.1 Å². The molecule has 1 unspecified atom stereocenters. The molecule has 8 nitrogen and oxygen atoms in total. The van der Waals surface area contributed by atoms with Crippen molar-refractivity contribution in [2.45, 2.75) is 38.5 Å². The number of ether oxygens (including phenoxy) is 1. The molecule has 1 saturated heterocycles. The lowest BCUT2D eigenvalue weighted by molar-refractivity contribution is 0.109. The predicted octanol–water partition coefficient (Wildman–Crippen LogP) is 2.31. The first-order valence-corrected chi connectivity index (χ1v) is 10.5. The van der Waals surface area contributed by atoms with E-state index >= 15 is 0 Å². The number of anilines is 1. The summed E-state index contributed by atoms with van der Waals surface area (Å²) in [7, 11) is 0. The maximum Gasteiger partial charge on any atom is 0.266 e. The number of pyridine rings is 2. The van der Waals surface area contributed by atoms with Crippen LogP contribution >= 0.6 is 0 Å². The van der Waals surface area contributed by atoms with Crippen molar-refractivity contribution in [3.8, 4) is 17.3 Å². The van der Waals surface area contributed by atoms with E-state index in [-0.39, 0.29) is 11.6 Å². The monoisotopic (exact) mass is 414 g/mol. The summed E-state index contributed by atoms with van der Waals surface area (Å²) < 4.78 is 7.03. The average Bonchev–Trinajstić information content (AvgIpc) is 3.28. The Hall–Kier alpha value is -3.57. The summed E-state index contributed by atoms with van der Waals surface area (Å²) in [5.41, 5.74) is 4.06. The van der Waals surface area contributed by atoms with Crippen molar-refractivity contribution in [1.82, 2.24) is 19.7 Å². The van der Waals surface area contributed by atoms with Crippen LogP contribution in [0.4, 0.5) is 5.82 Å². The molecule has 0 radical (unpaired) electrons. The molecule has 0 bridgehead atoms. The van der Waals surface area contributed by atoms with Gasteiger partial charge in [-0.15, -0.1) is 0 Å². The zero-order valence-corrected chi connectivity index (χ0v) is 17.1. The van der Waals surface area contributed by atoms with Crippen molar-refractivity contribution < 1.29 is 4.74 Å². The number of hydrogen-bond donors (Lipinski definition) is 0. The fraction of sp³-hybridized carbons (Fsp3) is 0.348. The summed E-state index contributed by atoms with van der Waals surface area (Å²) >= 11 is 0. The third kappa shape index (κ3) is 3.80. The lowest BCUT2D eigenvalue weighted by atomic mass is 10.1. The SMILES string of the molecule is N#Cc1cc2c(nc1N1CCCC1Cn1nc(-c3ccncc3)ccc1=O)CCOC2. The van der Waals surface area contributed by atoms with Crippen molar-refractivity contribution in [2.75, 3.05) is 18.1 Å². The van der Waals surface area contributed by atoms with Gasteiger partial charge in [-0.3, -0.25) is 9.78 Å². The third-order valence-electron chi connectivity index (χ3n) is 5.91. The molecule has 0 saturated carbocycles. The smallest absolute Gasteiger partial charge is 0.266 e. The first-order valence-electron chi connectivity index (χ1n) is 10.5. The van der Waals surface area contributed by atoms with Gasteiger partial charge in [-0.25, -0.2) is 9.67 Å². The van der Waals surface area contributed by atoms with Crippen LogP contribution in [-0.2, 0) is 24.3 Å². The lowest BCUT2D eigenvalue weighted by Gasteiger charge is -2.28. The van der Waals surface area contributed by atoms with Crippen LogP contribution in [0.2, 0.25) is 0 Å². The summed E-state index contributed by atoms with van der Waals surface area (Å²) in [6, 6.07) is 11.3. The van der Waals surface area contributed by atoms with Crippen LogP contribution in [0.25, 0.3) is 11.3 Å². The second-order valence-electron chi connectivity index (χ2n) is 7.84. The minimum absolute atomic E-state index is 0.0513. The van der Waals surface area contributed by atoms with Crippen molar-refractivity contribution in [3.05, 3.63) is 69.9 Å². The Balaban J connectivity index is 1.46. The van der Waals surface area contributed by atoms with Gasteiger partial charge < -0.3 is 9.64 Å². The van der Waals surface area contributed by atoms with Gasteiger partial charge in [-0.05, 0) is 37.1 Å².